The molecule has 0 N–H and O–H groups in total. The molecule has 0 aromatic carbocycles. The molecule has 1 aliphatic rings. The van der Waals surface area contributed by atoms with Crippen molar-refractivity contribution in [2.45, 2.75) is 59.8 Å². The Hall–Kier alpha value is -0.0400. The average Bonchev–Trinajstić information content (AvgIpc) is 2.11. The van der Waals surface area contributed by atoms with Crippen LogP contribution in [0.25, 0.3) is 0 Å². The number of hydrogen-bond acceptors (Lipinski definition) is 1. The SMILES string of the molecule is CN1CCCC(C)(C)CCC(C)(C)CC1. The topological polar surface area (TPSA) is 3.24 Å². The van der Waals surface area contributed by atoms with Crippen molar-refractivity contribution in [2.24, 2.45) is 10.8 Å². The van der Waals surface area contributed by atoms with Gasteiger partial charge in [-0.15, -0.1) is 0 Å². The lowest BCUT2D eigenvalue weighted by molar-refractivity contribution is 0.165. The van der Waals surface area contributed by atoms with Crippen LogP contribution in [0.4, 0.5) is 0 Å². The zero-order valence-electron chi connectivity index (χ0n) is 11.4. The van der Waals surface area contributed by atoms with Crippen molar-refractivity contribution in [3.05, 3.63) is 0 Å². The van der Waals surface area contributed by atoms with Gasteiger partial charge in [0, 0.05) is 0 Å². The first-order valence-electron chi connectivity index (χ1n) is 6.49. The van der Waals surface area contributed by atoms with Crippen molar-refractivity contribution < 1.29 is 0 Å². The van der Waals surface area contributed by atoms with Crippen LogP contribution in [-0.4, -0.2) is 25.0 Å². The molecule has 0 bridgehead atoms. The van der Waals surface area contributed by atoms with Crippen molar-refractivity contribution in [3.8, 4) is 0 Å². The van der Waals surface area contributed by atoms with Crippen LogP contribution < -0.4 is 0 Å². The Labute approximate surface area is 96.2 Å². The summed E-state index contributed by atoms with van der Waals surface area (Å²) in [5, 5.41) is 0. The minimum Gasteiger partial charge on any atom is -0.306 e. The third kappa shape index (κ3) is 5.01. The molecule has 1 heteroatoms. The molecule has 0 amide bonds. The van der Waals surface area contributed by atoms with Crippen molar-refractivity contribution in [1.29, 1.82) is 0 Å². The standard InChI is InChI=1S/C14H29N/c1-13(2)7-6-11-15(5)12-10-14(3,4)9-8-13/h6-12H2,1-5H3. The van der Waals surface area contributed by atoms with Gasteiger partial charge in [0.15, 0.2) is 0 Å². The summed E-state index contributed by atoms with van der Waals surface area (Å²) in [6, 6.07) is 0. The first kappa shape index (κ1) is 13.0. The van der Waals surface area contributed by atoms with Crippen LogP contribution in [-0.2, 0) is 0 Å². The highest BCUT2D eigenvalue weighted by Gasteiger charge is 2.25. The number of nitrogens with zero attached hydrogens (tertiary/aromatic N) is 1. The molecule has 15 heavy (non-hydrogen) atoms. The summed E-state index contributed by atoms with van der Waals surface area (Å²) in [6.07, 6.45) is 6.87. The van der Waals surface area contributed by atoms with Crippen LogP contribution in [0, 0.1) is 10.8 Å². The van der Waals surface area contributed by atoms with Gasteiger partial charge >= 0.3 is 0 Å². The molecule has 1 fully saturated rings. The third-order valence-electron chi connectivity index (χ3n) is 4.04. The quantitative estimate of drug-likeness (QED) is 0.587. The van der Waals surface area contributed by atoms with Gasteiger partial charge in [-0.2, -0.15) is 0 Å². The number of rotatable bonds is 0. The van der Waals surface area contributed by atoms with E-state index in [1.165, 1.54) is 45.2 Å². The highest BCUT2D eigenvalue weighted by Crippen LogP contribution is 2.36. The Morgan fingerprint density at radius 1 is 0.733 bits per heavy atom. The first-order valence-corrected chi connectivity index (χ1v) is 6.49. The Morgan fingerprint density at radius 3 is 1.87 bits per heavy atom. The molecule has 1 rings (SSSR count). The van der Waals surface area contributed by atoms with Crippen molar-refractivity contribution in [1.82, 2.24) is 4.90 Å². The fraction of sp³-hybridized carbons (Fsp3) is 1.00. The molecule has 1 aliphatic heterocycles. The molecule has 1 nitrogen and oxygen atoms in total. The molecule has 1 heterocycles. The van der Waals surface area contributed by atoms with E-state index >= 15 is 0 Å². The maximum Gasteiger partial charge on any atom is -0.00167 e. The third-order valence-corrected chi connectivity index (χ3v) is 4.04. The van der Waals surface area contributed by atoms with Crippen LogP contribution in [0.2, 0.25) is 0 Å². The molecule has 0 aromatic heterocycles. The molecule has 0 aliphatic carbocycles. The van der Waals surface area contributed by atoms with Crippen molar-refractivity contribution >= 4 is 0 Å². The van der Waals surface area contributed by atoms with E-state index in [4.69, 9.17) is 0 Å². The lowest BCUT2D eigenvalue weighted by atomic mass is 9.75. The van der Waals surface area contributed by atoms with E-state index in [0.717, 1.165) is 0 Å². The van der Waals surface area contributed by atoms with Gasteiger partial charge < -0.3 is 4.90 Å². The van der Waals surface area contributed by atoms with E-state index in [2.05, 4.69) is 39.6 Å². The van der Waals surface area contributed by atoms with Gasteiger partial charge in [0.25, 0.3) is 0 Å². The van der Waals surface area contributed by atoms with Crippen LogP contribution in [0.1, 0.15) is 59.8 Å². The zero-order chi connectivity index (χ0) is 11.5. The Kier molecular flexibility index (Phi) is 4.22. The molecule has 0 radical (unpaired) electrons. The molecule has 0 atom stereocenters. The predicted octanol–water partition coefficient (Wildman–Crippen LogP) is 3.93. The summed E-state index contributed by atoms with van der Waals surface area (Å²) >= 11 is 0. The van der Waals surface area contributed by atoms with Gasteiger partial charge in [-0.1, -0.05) is 27.7 Å². The summed E-state index contributed by atoms with van der Waals surface area (Å²) in [5.41, 5.74) is 1.08. The summed E-state index contributed by atoms with van der Waals surface area (Å²) in [5.74, 6) is 0. The minimum atomic E-state index is 0.531. The Morgan fingerprint density at radius 2 is 1.27 bits per heavy atom. The highest BCUT2D eigenvalue weighted by molar-refractivity contribution is 4.78. The molecule has 90 valence electrons. The molecule has 0 saturated carbocycles. The van der Waals surface area contributed by atoms with Crippen LogP contribution in [0.15, 0.2) is 0 Å². The molecule has 0 aromatic rings. The maximum atomic E-state index is 2.50. The smallest absolute Gasteiger partial charge is 0.00167 e. The fourth-order valence-electron chi connectivity index (χ4n) is 2.36. The molecule has 1 saturated heterocycles. The summed E-state index contributed by atoms with van der Waals surface area (Å²) < 4.78 is 0. The van der Waals surface area contributed by atoms with Gasteiger partial charge in [0.1, 0.15) is 0 Å². The average molecular weight is 211 g/mol. The minimum absolute atomic E-state index is 0.531. The second-order valence-corrected chi connectivity index (χ2v) is 6.99. The normalized spacial score (nSPS) is 28.6. The predicted molar refractivity (Wildman–Crippen MR) is 68.1 cm³/mol. The van der Waals surface area contributed by atoms with Gasteiger partial charge in [0.2, 0.25) is 0 Å². The summed E-state index contributed by atoms with van der Waals surface area (Å²) in [4.78, 5) is 2.50. The van der Waals surface area contributed by atoms with E-state index in [-0.39, 0.29) is 0 Å². The van der Waals surface area contributed by atoms with E-state index < -0.39 is 0 Å². The van der Waals surface area contributed by atoms with Crippen LogP contribution in [0.5, 0.6) is 0 Å². The summed E-state index contributed by atoms with van der Waals surface area (Å²) in [6.45, 7) is 12.3. The Balaban J connectivity index is 2.58. The fourth-order valence-corrected chi connectivity index (χ4v) is 2.36. The van der Waals surface area contributed by atoms with E-state index in [1.54, 1.807) is 0 Å². The largest absolute Gasteiger partial charge is 0.306 e. The van der Waals surface area contributed by atoms with Gasteiger partial charge in [-0.05, 0) is 63.1 Å². The maximum absolute atomic E-state index is 2.50. The Bertz CT molecular complexity index is 194. The van der Waals surface area contributed by atoms with Gasteiger partial charge in [-0.3, -0.25) is 0 Å². The van der Waals surface area contributed by atoms with E-state index in [9.17, 15) is 0 Å². The second-order valence-electron chi connectivity index (χ2n) is 6.99. The highest BCUT2D eigenvalue weighted by atomic mass is 15.1. The van der Waals surface area contributed by atoms with Crippen molar-refractivity contribution in [2.75, 3.05) is 20.1 Å². The zero-order valence-corrected chi connectivity index (χ0v) is 11.4. The van der Waals surface area contributed by atoms with Crippen LogP contribution >= 0.6 is 0 Å². The lowest BCUT2D eigenvalue weighted by Gasteiger charge is -2.34. The van der Waals surface area contributed by atoms with Crippen molar-refractivity contribution in [3.63, 3.8) is 0 Å². The van der Waals surface area contributed by atoms with E-state index in [1.807, 2.05) is 0 Å². The molecular formula is C14H29N. The second kappa shape index (κ2) is 4.86. The molecule has 0 spiro atoms. The monoisotopic (exact) mass is 211 g/mol. The lowest BCUT2D eigenvalue weighted by Crippen LogP contribution is -2.29. The molecule has 0 unspecified atom stereocenters. The van der Waals surface area contributed by atoms with Gasteiger partial charge in [-0.25, -0.2) is 0 Å². The van der Waals surface area contributed by atoms with Gasteiger partial charge in [0.05, 0.1) is 0 Å². The van der Waals surface area contributed by atoms with E-state index in [0.29, 0.717) is 10.8 Å². The number of hydrogen-bond donors (Lipinski definition) is 0. The molecular weight excluding hydrogens is 182 g/mol. The van der Waals surface area contributed by atoms with Crippen LogP contribution in [0.3, 0.4) is 0 Å². The first-order chi connectivity index (χ1) is 6.81. The summed E-state index contributed by atoms with van der Waals surface area (Å²) in [7, 11) is 2.27.